The second-order valence-corrected chi connectivity index (χ2v) is 15.2. The number of aliphatic hydroxyl groups excluding tert-OH is 2. The molecule has 1 fully saturated rings. The molecule has 0 amide bonds. The zero-order valence-corrected chi connectivity index (χ0v) is 27.9. The van der Waals surface area contributed by atoms with Crippen LogP contribution in [0.25, 0.3) is 5.76 Å². The van der Waals surface area contributed by atoms with E-state index in [0.717, 1.165) is 31.0 Å². The Balaban J connectivity index is 2.04. The van der Waals surface area contributed by atoms with Gasteiger partial charge in [0.15, 0.2) is 17.2 Å². The highest BCUT2D eigenvalue weighted by Crippen LogP contribution is 2.65. The summed E-state index contributed by atoms with van der Waals surface area (Å²) in [6.45, 7) is 19.0. The molecule has 240 valence electrons. The van der Waals surface area contributed by atoms with Crippen LogP contribution in [0.3, 0.4) is 0 Å². The Morgan fingerprint density at radius 2 is 1.73 bits per heavy atom. The lowest BCUT2D eigenvalue weighted by Crippen LogP contribution is -2.69. The number of fused-ring (bicyclic) bond motifs is 3. The summed E-state index contributed by atoms with van der Waals surface area (Å²) in [5, 5.41) is 47.3. The van der Waals surface area contributed by atoms with Crippen LogP contribution >= 0.6 is 0 Å². The molecule has 0 saturated heterocycles. The maximum atomic E-state index is 14.6. The number of aryl methyl sites for hydroxylation is 1. The number of rotatable bonds is 7. The quantitative estimate of drug-likeness (QED) is 0.208. The average Bonchev–Trinajstić information content (AvgIpc) is 2.86. The maximum Gasteiger partial charge on any atom is 0.203 e. The molecule has 0 aliphatic heterocycles. The predicted molar refractivity (Wildman–Crippen MR) is 171 cm³/mol. The van der Waals surface area contributed by atoms with Crippen LogP contribution < -0.4 is 0 Å². The van der Waals surface area contributed by atoms with Crippen molar-refractivity contribution in [3.8, 4) is 5.75 Å². The van der Waals surface area contributed by atoms with E-state index in [0.29, 0.717) is 24.1 Å². The number of hydrogen-bond donors (Lipinski definition) is 4. The molecule has 3 aliphatic carbocycles. The molecule has 0 radical (unpaired) electrons. The number of aromatic hydroxyl groups is 1. The van der Waals surface area contributed by atoms with Gasteiger partial charge in [-0.2, -0.15) is 0 Å². The number of hydrogen-bond acceptors (Lipinski definition) is 8. The summed E-state index contributed by atoms with van der Waals surface area (Å²) in [6, 6.07) is 1.93. The second kappa shape index (κ2) is 11.0. The van der Waals surface area contributed by atoms with E-state index in [4.69, 9.17) is 0 Å². The Labute approximate surface area is 261 Å². The summed E-state index contributed by atoms with van der Waals surface area (Å²) in [4.78, 5) is 45.6. The highest BCUT2D eigenvalue weighted by atomic mass is 16.3. The van der Waals surface area contributed by atoms with Crippen molar-refractivity contribution in [3.63, 3.8) is 0 Å². The lowest BCUT2D eigenvalue weighted by atomic mass is 9.43. The number of allylic oxidation sites excluding steroid dienone is 1. The Morgan fingerprint density at radius 3 is 2.25 bits per heavy atom. The van der Waals surface area contributed by atoms with E-state index in [-0.39, 0.29) is 41.1 Å². The molecule has 44 heavy (non-hydrogen) atoms. The van der Waals surface area contributed by atoms with E-state index in [1.165, 1.54) is 0 Å². The van der Waals surface area contributed by atoms with Crippen LogP contribution in [-0.2, 0) is 27.2 Å². The minimum atomic E-state index is -2.63. The number of phenolic OH excluding ortho intramolecular Hbond substituents is 1. The molecule has 3 aliphatic rings. The van der Waals surface area contributed by atoms with Gasteiger partial charge in [-0.05, 0) is 87.0 Å². The van der Waals surface area contributed by atoms with Crippen molar-refractivity contribution < 1.29 is 34.8 Å². The lowest BCUT2D eigenvalue weighted by Gasteiger charge is -2.59. The molecule has 4 atom stereocenters. The van der Waals surface area contributed by atoms with E-state index in [9.17, 15) is 34.8 Å². The predicted octanol–water partition coefficient (Wildman–Crippen LogP) is 6.39. The molecule has 8 nitrogen and oxygen atoms in total. The van der Waals surface area contributed by atoms with Gasteiger partial charge in [-0.3, -0.25) is 19.4 Å². The molecule has 8 heteroatoms. The van der Waals surface area contributed by atoms with Gasteiger partial charge in [-0.25, -0.2) is 0 Å². The fourth-order valence-electron chi connectivity index (χ4n) is 8.49. The molecule has 1 saturated carbocycles. The van der Waals surface area contributed by atoms with Gasteiger partial charge < -0.3 is 20.4 Å². The molecule has 0 heterocycles. The largest absolute Gasteiger partial charge is 0.508 e. The van der Waals surface area contributed by atoms with Crippen LogP contribution in [0, 0.1) is 28.1 Å². The van der Waals surface area contributed by atoms with Crippen LogP contribution in [0.4, 0.5) is 0 Å². The molecular formula is C36H49NO7. The zero-order chi connectivity index (χ0) is 33.3. The summed E-state index contributed by atoms with van der Waals surface area (Å²) in [7, 11) is 0. The Hall–Kier alpha value is -3.26. The normalized spacial score (nSPS) is 29.2. The molecule has 1 aromatic carbocycles. The van der Waals surface area contributed by atoms with E-state index < -0.39 is 56.8 Å². The van der Waals surface area contributed by atoms with Crippen molar-refractivity contribution in [1.82, 2.24) is 0 Å². The third-order valence-electron chi connectivity index (χ3n) is 10.2. The number of Topliss-reactive ketones (excluding diaryl/α,β-unsaturated/α-hetero) is 3. The number of carbonyl (C=O) groups is 3. The van der Waals surface area contributed by atoms with Crippen LogP contribution in [0.2, 0.25) is 0 Å². The van der Waals surface area contributed by atoms with Crippen molar-refractivity contribution >= 4 is 28.8 Å². The fourth-order valence-corrected chi connectivity index (χ4v) is 8.49. The zero-order valence-electron chi connectivity index (χ0n) is 27.9. The van der Waals surface area contributed by atoms with Crippen molar-refractivity contribution in [2.24, 2.45) is 33.1 Å². The SMILES string of the molecule is CCN=C(C)c1cc(CCCC(C)(C)C)c(O)c2c1C[C@]1(C)C[C@]3(C)C(C(C)C)C(=O)C(C(C)=O)=C(O)[C@]3(O)C(=O)C1=C2O. The summed E-state index contributed by atoms with van der Waals surface area (Å²) < 4.78 is 0. The van der Waals surface area contributed by atoms with Crippen LogP contribution in [-0.4, -0.2) is 55.6 Å². The number of ketones is 3. The third kappa shape index (κ3) is 4.84. The van der Waals surface area contributed by atoms with Crippen LogP contribution in [0.15, 0.2) is 28.0 Å². The van der Waals surface area contributed by atoms with Gasteiger partial charge in [0.1, 0.15) is 22.8 Å². The fraction of sp³-hybridized carbons (Fsp3) is 0.611. The first-order chi connectivity index (χ1) is 20.2. The van der Waals surface area contributed by atoms with E-state index in [1.807, 2.05) is 26.8 Å². The third-order valence-corrected chi connectivity index (χ3v) is 10.2. The summed E-state index contributed by atoms with van der Waals surface area (Å²) in [6.07, 6.45) is 2.53. The number of carbonyl (C=O) groups excluding carboxylic acids is 3. The number of nitrogens with zero attached hydrogens (tertiary/aromatic N) is 1. The average molecular weight is 608 g/mol. The van der Waals surface area contributed by atoms with Gasteiger partial charge in [0.05, 0.1) is 5.56 Å². The molecule has 4 N–H and O–H groups in total. The molecule has 1 unspecified atom stereocenters. The summed E-state index contributed by atoms with van der Waals surface area (Å²) in [5.74, 6) is -5.14. The van der Waals surface area contributed by atoms with Crippen molar-refractivity contribution in [2.45, 2.75) is 107 Å². The Morgan fingerprint density at radius 1 is 1.11 bits per heavy atom. The Bertz CT molecular complexity index is 1540. The smallest absolute Gasteiger partial charge is 0.203 e. The Kier molecular flexibility index (Phi) is 8.38. The molecule has 0 bridgehead atoms. The van der Waals surface area contributed by atoms with Gasteiger partial charge >= 0.3 is 0 Å². The molecule has 0 aromatic heterocycles. The highest BCUT2D eigenvalue weighted by Gasteiger charge is 2.72. The number of aliphatic hydroxyl groups is 3. The van der Waals surface area contributed by atoms with Gasteiger partial charge in [0.25, 0.3) is 0 Å². The minimum absolute atomic E-state index is 0.0579. The first-order valence-electron chi connectivity index (χ1n) is 15.8. The van der Waals surface area contributed by atoms with Gasteiger partial charge in [0.2, 0.25) is 5.78 Å². The number of aliphatic imine (C=N–C) groups is 1. The monoisotopic (exact) mass is 607 g/mol. The number of phenols is 1. The summed E-state index contributed by atoms with van der Waals surface area (Å²) >= 11 is 0. The molecule has 0 spiro atoms. The topological polar surface area (TPSA) is 144 Å². The van der Waals surface area contributed by atoms with Crippen LogP contribution in [0.5, 0.6) is 5.75 Å². The van der Waals surface area contributed by atoms with E-state index in [1.54, 1.807) is 20.8 Å². The van der Waals surface area contributed by atoms with E-state index in [2.05, 4.69) is 25.8 Å². The maximum absolute atomic E-state index is 14.6. The lowest BCUT2D eigenvalue weighted by molar-refractivity contribution is -0.178. The standard InChI is InChI=1S/C36H49NO7/c1-11-37-19(4)22-15-21(13-12-14-33(6,7)8)28(39)25-23(22)16-34(9)17-35(10)26(18(2)3)29(40)24(20(5)38)31(42)36(35,44)32(43)27(34)30(25)41/h15,18,26,39,41-42,44H,11-14,16-17H2,1-10H3/t26?,34-,35-,36+/m1/s1. The van der Waals surface area contributed by atoms with Crippen molar-refractivity contribution in [3.05, 3.63) is 45.2 Å². The van der Waals surface area contributed by atoms with Gasteiger partial charge in [0, 0.05) is 34.6 Å². The van der Waals surface area contributed by atoms with E-state index >= 15 is 0 Å². The van der Waals surface area contributed by atoms with Gasteiger partial charge in [-0.15, -0.1) is 0 Å². The second-order valence-electron chi connectivity index (χ2n) is 15.2. The first-order valence-corrected chi connectivity index (χ1v) is 15.8. The highest BCUT2D eigenvalue weighted by molar-refractivity contribution is 6.24. The first kappa shape index (κ1) is 33.6. The molecule has 4 rings (SSSR count). The van der Waals surface area contributed by atoms with Crippen molar-refractivity contribution in [2.75, 3.05) is 6.54 Å². The molecular weight excluding hydrogens is 558 g/mol. The number of benzene rings is 1. The van der Waals surface area contributed by atoms with Crippen LogP contribution in [0.1, 0.15) is 111 Å². The molecule has 1 aromatic rings. The summed E-state index contributed by atoms with van der Waals surface area (Å²) in [5.41, 5.74) is -2.86. The minimum Gasteiger partial charge on any atom is -0.508 e. The van der Waals surface area contributed by atoms with Crippen molar-refractivity contribution in [1.29, 1.82) is 0 Å². The van der Waals surface area contributed by atoms with Gasteiger partial charge in [-0.1, -0.05) is 48.5 Å².